The number of carbonyl (C=O) groups excluding carboxylic acids is 1. The van der Waals surface area contributed by atoms with Crippen molar-refractivity contribution < 1.29 is 18.0 Å². The molecule has 0 fully saturated rings. The minimum Gasteiger partial charge on any atom is -0.399 e. The number of hydrogen-bond acceptors (Lipinski definition) is 4. The van der Waals surface area contributed by atoms with E-state index in [9.17, 15) is 22.8 Å². The number of nitrogen functional groups attached to an aromatic ring is 1. The molecule has 1 heterocycles. The smallest absolute Gasteiger partial charge is 0.399 e. The van der Waals surface area contributed by atoms with Gasteiger partial charge in [-0.05, 0) is 35.9 Å². The van der Waals surface area contributed by atoms with Crippen molar-refractivity contribution in [2.45, 2.75) is 19.0 Å². The number of carbonyl (C=O) groups is 1. The maximum absolute atomic E-state index is 13.3. The Kier molecular flexibility index (Phi) is 5.58. The van der Waals surface area contributed by atoms with E-state index in [1.807, 2.05) is 0 Å². The van der Waals surface area contributed by atoms with Crippen LogP contribution in [0.5, 0.6) is 0 Å². The summed E-state index contributed by atoms with van der Waals surface area (Å²) in [7, 11) is 0. The molecule has 0 saturated carbocycles. The molecule has 9 heteroatoms. The van der Waals surface area contributed by atoms with Crippen LogP contribution in [0.25, 0.3) is 5.69 Å². The molecule has 1 unspecified atom stereocenters. The number of amides is 1. The van der Waals surface area contributed by atoms with E-state index in [1.54, 1.807) is 30.3 Å². The lowest BCUT2D eigenvalue weighted by Crippen LogP contribution is -2.32. The van der Waals surface area contributed by atoms with Gasteiger partial charge in [-0.3, -0.25) is 9.59 Å². The van der Waals surface area contributed by atoms with E-state index in [0.717, 1.165) is 16.8 Å². The van der Waals surface area contributed by atoms with Gasteiger partial charge >= 0.3 is 6.18 Å². The molecule has 1 amide bonds. The number of alkyl halides is 3. The van der Waals surface area contributed by atoms with Crippen LogP contribution >= 0.6 is 0 Å². The van der Waals surface area contributed by atoms with Crippen molar-refractivity contribution in [3.05, 3.63) is 86.8 Å². The van der Waals surface area contributed by atoms with Gasteiger partial charge in [0.05, 0.1) is 16.8 Å². The number of halogens is 3. The predicted octanol–water partition coefficient (Wildman–Crippen LogP) is 3.07. The zero-order valence-electron chi connectivity index (χ0n) is 16.3. The van der Waals surface area contributed by atoms with E-state index in [0.29, 0.717) is 5.69 Å². The van der Waals surface area contributed by atoms with Crippen LogP contribution in [0.15, 0.2) is 53.3 Å². The van der Waals surface area contributed by atoms with Gasteiger partial charge in [-0.1, -0.05) is 31.0 Å². The summed E-state index contributed by atoms with van der Waals surface area (Å²) >= 11 is 0. The van der Waals surface area contributed by atoms with Crippen molar-refractivity contribution in [3.63, 3.8) is 0 Å². The fraction of sp³-hybridized carbons (Fsp3) is 0.136. The highest BCUT2D eigenvalue weighted by molar-refractivity contribution is 5.93. The van der Waals surface area contributed by atoms with Crippen molar-refractivity contribution >= 4 is 11.6 Å². The van der Waals surface area contributed by atoms with Gasteiger partial charge in [0.25, 0.3) is 11.5 Å². The van der Waals surface area contributed by atoms with Crippen LogP contribution in [0.2, 0.25) is 0 Å². The molecule has 0 aliphatic heterocycles. The molecule has 0 radical (unpaired) electrons. The predicted molar refractivity (Wildman–Crippen MR) is 110 cm³/mol. The number of nitrogens with zero attached hydrogens (tertiary/aromatic N) is 2. The number of terminal acetylenes is 1. The number of anilines is 1. The number of nitrogens with two attached hydrogens (primary N) is 2. The van der Waals surface area contributed by atoms with Gasteiger partial charge in [-0.2, -0.15) is 23.0 Å². The maximum atomic E-state index is 13.3. The standard InChI is InChI=1S/C22H17F3N4O2/c1-3-17-18(12(2)13-9-14(22(23,24)25)11-15(26)10-13)21(31)29(28-19(17)20(27)30)16-7-5-4-6-8-16/h1,4-12H,26H2,2H3,(H2,27,30). The third kappa shape index (κ3) is 4.14. The van der Waals surface area contributed by atoms with Crippen LogP contribution in [0.3, 0.4) is 0 Å². The molecule has 3 rings (SSSR count). The first kappa shape index (κ1) is 21.6. The summed E-state index contributed by atoms with van der Waals surface area (Å²) in [5.74, 6) is 0.323. The Balaban J connectivity index is 2.34. The third-order valence-electron chi connectivity index (χ3n) is 4.75. The van der Waals surface area contributed by atoms with Gasteiger partial charge < -0.3 is 11.5 Å². The molecular formula is C22H17F3N4O2. The second-order valence-electron chi connectivity index (χ2n) is 6.81. The molecule has 4 N–H and O–H groups in total. The molecule has 1 aromatic heterocycles. The van der Waals surface area contributed by atoms with E-state index in [2.05, 4.69) is 11.0 Å². The highest BCUT2D eigenvalue weighted by atomic mass is 19.4. The van der Waals surface area contributed by atoms with Crippen LogP contribution in [-0.2, 0) is 6.18 Å². The highest BCUT2D eigenvalue weighted by Crippen LogP contribution is 2.35. The first-order valence-electron chi connectivity index (χ1n) is 9.01. The van der Waals surface area contributed by atoms with Crippen molar-refractivity contribution in [1.29, 1.82) is 0 Å². The summed E-state index contributed by atoms with van der Waals surface area (Å²) in [6, 6.07) is 11.2. The number of rotatable bonds is 4. The van der Waals surface area contributed by atoms with Crippen LogP contribution in [-0.4, -0.2) is 15.7 Å². The van der Waals surface area contributed by atoms with Crippen LogP contribution < -0.4 is 17.0 Å². The number of hydrogen-bond donors (Lipinski definition) is 2. The van der Waals surface area contributed by atoms with Gasteiger partial charge in [0.1, 0.15) is 0 Å². The number of aromatic nitrogens is 2. The molecule has 3 aromatic rings. The summed E-state index contributed by atoms with van der Waals surface area (Å²) in [6.45, 7) is 1.49. The molecule has 2 aromatic carbocycles. The minimum absolute atomic E-state index is 0.0890. The van der Waals surface area contributed by atoms with Crippen LogP contribution in [0.1, 0.15) is 45.6 Å². The van der Waals surface area contributed by atoms with Gasteiger partial charge in [-0.25, -0.2) is 0 Å². The Morgan fingerprint density at radius 1 is 1.19 bits per heavy atom. The Morgan fingerprint density at radius 2 is 1.84 bits per heavy atom. The molecule has 158 valence electrons. The number of para-hydroxylation sites is 1. The molecular weight excluding hydrogens is 409 g/mol. The second-order valence-corrected chi connectivity index (χ2v) is 6.81. The van der Waals surface area contributed by atoms with Gasteiger partial charge in [0.15, 0.2) is 5.69 Å². The van der Waals surface area contributed by atoms with Crippen molar-refractivity contribution in [3.8, 4) is 18.0 Å². The van der Waals surface area contributed by atoms with Gasteiger partial charge in [0.2, 0.25) is 0 Å². The zero-order valence-corrected chi connectivity index (χ0v) is 16.3. The Morgan fingerprint density at radius 3 is 2.39 bits per heavy atom. The summed E-state index contributed by atoms with van der Waals surface area (Å²) in [5.41, 5.74) is 9.13. The molecule has 0 saturated heterocycles. The zero-order chi connectivity index (χ0) is 22.9. The minimum atomic E-state index is -4.64. The van der Waals surface area contributed by atoms with Crippen LogP contribution in [0, 0.1) is 12.3 Å². The topological polar surface area (TPSA) is 104 Å². The molecule has 6 nitrogen and oxygen atoms in total. The van der Waals surface area contributed by atoms with E-state index in [4.69, 9.17) is 17.9 Å². The summed E-state index contributed by atoms with van der Waals surface area (Å²) in [6.07, 6.45) is 0.902. The van der Waals surface area contributed by atoms with Crippen molar-refractivity contribution in [2.24, 2.45) is 5.73 Å². The normalized spacial score (nSPS) is 12.2. The lowest BCUT2D eigenvalue weighted by atomic mass is 9.88. The van der Waals surface area contributed by atoms with E-state index < -0.39 is 29.1 Å². The first-order chi connectivity index (χ1) is 14.5. The molecule has 0 bridgehead atoms. The van der Waals surface area contributed by atoms with E-state index in [-0.39, 0.29) is 28.1 Å². The quantitative estimate of drug-likeness (QED) is 0.494. The van der Waals surface area contributed by atoms with Gasteiger partial charge in [-0.15, -0.1) is 6.42 Å². The second kappa shape index (κ2) is 7.99. The SMILES string of the molecule is C#Cc1c(C(N)=O)nn(-c2ccccc2)c(=O)c1C(C)c1cc(N)cc(C(F)(F)F)c1. The number of primary amides is 1. The third-order valence-corrected chi connectivity index (χ3v) is 4.75. The lowest BCUT2D eigenvalue weighted by molar-refractivity contribution is -0.137. The largest absolute Gasteiger partial charge is 0.416 e. The summed E-state index contributed by atoms with van der Waals surface area (Å²) < 4.78 is 40.8. The van der Waals surface area contributed by atoms with Gasteiger partial charge in [0, 0.05) is 17.2 Å². The monoisotopic (exact) mass is 426 g/mol. The van der Waals surface area contributed by atoms with Crippen molar-refractivity contribution in [1.82, 2.24) is 9.78 Å². The first-order valence-corrected chi connectivity index (χ1v) is 9.01. The Hall–Kier alpha value is -4.06. The molecule has 0 aliphatic carbocycles. The average molecular weight is 426 g/mol. The van der Waals surface area contributed by atoms with Crippen molar-refractivity contribution in [2.75, 3.05) is 5.73 Å². The Labute approximate surface area is 175 Å². The van der Waals surface area contributed by atoms with E-state index >= 15 is 0 Å². The fourth-order valence-corrected chi connectivity index (χ4v) is 3.27. The molecule has 0 spiro atoms. The van der Waals surface area contributed by atoms with Crippen LogP contribution in [0.4, 0.5) is 18.9 Å². The van der Waals surface area contributed by atoms with E-state index in [1.165, 1.54) is 13.0 Å². The maximum Gasteiger partial charge on any atom is 0.416 e. The number of benzene rings is 2. The lowest BCUT2D eigenvalue weighted by Gasteiger charge is -2.19. The highest BCUT2D eigenvalue weighted by Gasteiger charge is 2.32. The summed E-state index contributed by atoms with van der Waals surface area (Å²) in [4.78, 5) is 25.3. The summed E-state index contributed by atoms with van der Waals surface area (Å²) in [5, 5.41) is 4.01. The average Bonchev–Trinajstić information content (AvgIpc) is 2.72. The fourth-order valence-electron chi connectivity index (χ4n) is 3.27. The molecule has 1 atom stereocenters. The molecule has 31 heavy (non-hydrogen) atoms. The molecule has 0 aliphatic rings. The Bertz CT molecular complexity index is 1260.